The summed E-state index contributed by atoms with van der Waals surface area (Å²) in [6.07, 6.45) is 1.88. The van der Waals surface area contributed by atoms with Gasteiger partial charge in [0, 0.05) is 32.7 Å². The van der Waals surface area contributed by atoms with Crippen LogP contribution in [0.25, 0.3) is 81.2 Å². The highest BCUT2D eigenvalue weighted by Gasteiger charge is 2.14. The third-order valence-corrected chi connectivity index (χ3v) is 9.83. The first-order chi connectivity index (χ1) is 21.8. The number of pyridine rings is 1. The van der Waals surface area contributed by atoms with E-state index >= 15 is 0 Å². The van der Waals surface area contributed by atoms with Gasteiger partial charge >= 0.3 is 0 Å². The second-order valence-electron chi connectivity index (χ2n) is 11.2. The van der Waals surface area contributed by atoms with Crippen LogP contribution in [0.15, 0.2) is 158 Å². The molecule has 0 radical (unpaired) electrons. The number of aromatic nitrogens is 2. The Hall–Kier alpha value is -5.51. The molecule has 0 spiro atoms. The zero-order chi connectivity index (χ0) is 29.0. The average Bonchev–Trinajstić information content (AvgIpc) is 3.65. The van der Waals surface area contributed by atoms with Crippen LogP contribution in [0.2, 0.25) is 0 Å². The van der Waals surface area contributed by atoms with Gasteiger partial charge in [-0.3, -0.25) is 4.98 Å². The second-order valence-corrected chi connectivity index (χ2v) is 12.3. The Kier molecular flexibility index (Phi) is 5.71. The van der Waals surface area contributed by atoms with Gasteiger partial charge in [-0.05, 0) is 81.9 Å². The van der Waals surface area contributed by atoms with Crippen molar-refractivity contribution < 1.29 is 0 Å². The molecule has 9 aromatic rings. The first-order valence-corrected chi connectivity index (χ1v) is 15.7. The standard InChI is InChI=1S/C41H26N2S/c1-3-20-37-34(16-1)35-17-2-4-21-38(35)43(37)32-15-7-13-30(26-32)28-11-5-10-27(24-28)29-12-6-14-31(25-29)33-18-8-19-36-40-39(44-41(33)36)22-9-23-42-40/h1-26H. The molecular formula is C41H26N2S. The molecule has 0 aliphatic carbocycles. The molecule has 0 aliphatic heterocycles. The molecule has 3 aromatic heterocycles. The van der Waals surface area contributed by atoms with Crippen LogP contribution < -0.4 is 0 Å². The Morgan fingerprint density at radius 3 is 1.75 bits per heavy atom. The number of nitrogens with zero attached hydrogens (tertiary/aromatic N) is 2. The van der Waals surface area contributed by atoms with Crippen molar-refractivity contribution in [2.45, 2.75) is 0 Å². The van der Waals surface area contributed by atoms with E-state index in [9.17, 15) is 0 Å². The molecule has 0 saturated carbocycles. The van der Waals surface area contributed by atoms with Crippen molar-refractivity contribution in [2.75, 3.05) is 0 Å². The molecule has 6 aromatic carbocycles. The van der Waals surface area contributed by atoms with Crippen molar-refractivity contribution in [3.8, 4) is 39.1 Å². The van der Waals surface area contributed by atoms with Crippen molar-refractivity contribution in [1.29, 1.82) is 0 Å². The van der Waals surface area contributed by atoms with E-state index in [-0.39, 0.29) is 0 Å². The molecule has 0 aliphatic rings. The summed E-state index contributed by atoms with van der Waals surface area (Å²) in [4.78, 5) is 4.67. The summed E-state index contributed by atoms with van der Waals surface area (Å²) in [5, 5.41) is 3.77. The van der Waals surface area contributed by atoms with E-state index in [1.54, 1.807) is 0 Å². The Balaban J connectivity index is 1.13. The molecule has 3 heteroatoms. The van der Waals surface area contributed by atoms with E-state index in [0.717, 1.165) is 5.52 Å². The first-order valence-electron chi connectivity index (χ1n) is 14.9. The number of thiophene rings is 1. The lowest BCUT2D eigenvalue weighted by molar-refractivity contribution is 1.18. The predicted octanol–water partition coefficient (Wildman–Crippen LogP) is 11.5. The summed E-state index contributed by atoms with van der Waals surface area (Å²) < 4.78 is 4.89. The van der Waals surface area contributed by atoms with E-state index in [4.69, 9.17) is 0 Å². The molecule has 0 amide bonds. The lowest BCUT2D eigenvalue weighted by Gasteiger charge is -2.12. The van der Waals surface area contributed by atoms with Crippen LogP contribution in [0.5, 0.6) is 0 Å². The van der Waals surface area contributed by atoms with Crippen molar-refractivity contribution in [3.63, 3.8) is 0 Å². The van der Waals surface area contributed by atoms with Crippen LogP contribution >= 0.6 is 11.3 Å². The molecule has 2 nitrogen and oxygen atoms in total. The van der Waals surface area contributed by atoms with Crippen molar-refractivity contribution in [2.24, 2.45) is 0 Å². The van der Waals surface area contributed by atoms with Gasteiger partial charge in [-0.15, -0.1) is 11.3 Å². The van der Waals surface area contributed by atoms with Gasteiger partial charge in [-0.1, -0.05) is 103 Å². The normalized spacial score (nSPS) is 11.6. The van der Waals surface area contributed by atoms with Crippen LogP contribution in [-0.4, -0.2) is 9.55 Å². The van der Waals surface area contributed by atoms with Crippen LogP contribution in [0.3, 0.4) is 0 Å². The molecule has 0 atom stereocenters. The fourth-order valence-electron chi connectivity index (χ4n) is 6.62. The minimum absolute atomic E-state index is 1.08. The molecule has 0 unspecified atom stereocenters. The van der Waals surface area contributed by atoms with E-state index in [2.05, 4.69) is 155 Å². The maximum Gasteiger partial charge on any atom is 0.0888 e. The lowest BCUT2D eigenvalue weighted by atomic mass is 9.95. The Morgan fingerprint density at radius 1 is 0.455 bits per heavy atom. The van der Waals surface area contributed by atoms with Gasteiger partial charge in [-0.25, -0.2) is 0 Å². The number of rotatable bonds is 4. The molecule has 206 valence electrons. The SMILES string of the molecule is c1cc(-c2cccc(-c3cccc4c3sc3cccnc34)c2)cc(-c2cccc(-n3c4ccccc4c4ccccc43)c2)c1. The van der Waals surface area contributed by atoms with Gasteiger partial charge in [0.2, 0.25) is 0 Å². The van der Waals surface area contributed by atoms with Gasteiger partial charge in [-0.2, -0.15) is 0 Å². The Bertz CT molecular complexity index is 2460. The van der Waals surface area contributed by atoms with Gasteiger partial charge in [0.1, 0.15) is 0 Å². The van der Waals surface area contributed by atoms with Gasteiger partial charge in [0.25, 0.3) is 0 Å². The lowest BCUT2D eigenvalue weighted by Crippen LogP contribution is -1.94. The number of hydrogen-bond donors (Lipinski definition) is 0. The summed E-state index contributed by atoms with van der Waals surface area (Å²) >= 11 is 1.82. The smallest absolute Gasteiger partial charge is 0.0888 e. The molecule has 44 heavy (non-hydrogen) atoms. The number of hydrogen-bond acceptors (Lipinski definition) is 2. The minimum Gasteiger partial charge on any atom is -0.309 e. The van der Waals surface area contributed by atoms with Crippen molar-refractivity contribution in [3.05, 3.63) is 158 Å². The molecule has 0 bridgehead atoms. The average molecular weight is 579 g/mol. The molecule has 0 saturated heterocycles. The van der Waals surface area contributed by atoms with Gasteiger partial charge in [0.15, 0.2) is 0 Å². The van der Waals surface area contributed by atoms with Gasteiger partial charge in [0.05, 0.1) is 21.3 Å². The third kappa shape index (κ3) is 3.98. The van der Waals surface area contributed by atoms with Crippen molar-refractivity contribution in [1.82, 2.24) is 9.55 Å². The maximum atomic E-state index is 4.67. The minimum atomic E-state index is 1.08. The highest BCUT2D eigenvalue weighted by Crippen LogP contribution is 2.40. The highest BCUT2D eigenvalue weighted by molar-refractivity contribution is 7.26. The summed E-state index contributed by atoms with van der Waals surface area (Å²) in [7, 11) is 0. The topological polar surface area (TPSA) is 17.8 Å². The summed E-state index contributed by atoms with van der Waals surface area (Å²) in [5.41, 5.74) is 12.0. The first kappa shape index (κ1) is 25.0. The zero-order valence-electron chi connectivity index (χ0n) is 23.8. The Morgan fingerprint density at radius 2 is 1.02 bits per heavy atom. The largest absolute Gasteiger partial charge is 0.309 e. The quantitative estimate of drug-likeness (QED) is 0.203. The predicted molar refractivity (Wildman–Crippen MR) is 188 cm³/mol. The third-order valence-electron chi connectivity index (χ3n) is 8.64. The van der Waals surface area contributed by atoms with Crippen LogP contribution in [0, 0.1) is 0 Å². The second kappa shape index (κ2) is 10.0. The molecule has 9 rings (SSSR count). The molecule has 0 fully saturated rings. The summed E-state index contributed by atoms with van der Waals surface area (Å²) in [5.74, 6) is 0. The zero-order valence-corrected chi connectivity index (χ0v) is 24.6. The van der Waals surface area contributed by atoms with E-state index in [1.165, 1.54) is 75.7 Å². The van der Waals surface area contributed by atoms with Crippen LogP contribution in [0.1, 0.15) is 0 Å². The monoisotopic (exact) mass is 578 g/mol. The summed E-state index contributed by atoms with van der Waals surface area (Å²) in [6, 6.07) is 54.8. The fraction of sp³-hybridized carbons (Fsp3) is 0. The molecular weight excluding hydrogens is 553 g/mol. The number of fused-ring (bicyclic) bond motifs is 6. The highest BCUT2D eigenvalue weighted by atomic mass is 32.1. The molecule has 0 N–H and O–H groups in total. The number of para-hydroxylation sites is 2. The van der Waals surface area contributed by atoms with Crippen LogP contribution in [0.4, 0.5) is 0 Å². The fourth-order valence-corrected chi connectivity index (χ4v) is 7.81. The Labute approximate surface area is 259 Å². The van der Waals surface area contributed by atoms with E-state index in [1.807, 2.05) is 23.6 Å². The number of benzene rings is 6. The van der Waals surface area contributed by atoms with E-state index in [0.29, 0.717) is 0 Å². The van der Waals surface area contributed by atoms with Crippen molar-refractivity contribution >= 4 is 53.4 Å². The maximum absolute atomic E-state index is 4.67. The van der Waals surface area contributed by atoms with E-state index < -0.39 is 0 Å². The summed E-state index contributed by atoms with van der Waals surface area (Å²) in [6.45, 7) is 0. The molecule has 3 heterocycles. The van der Waals surface area contributed by atoms with Gasteiger partial charge < -0.3 is 4.57 Å². The van der Waals surface area contributed by atoms with Crippen LogP contribution in [-0.2, 0) is 0 Å².